The Hall–Kier alpha value is -5.26. The molecule has 1 unspecified atom stereocenters. The van der Waals surface area contributed by atoms with Crippen LogP contribution in [0.25, 0.3) is 28.0 Å². The maximum Gasteiger partial charge on any atom is 0.573 e. The lowest BCUT2D eigenvalue weighted by Gasteiger charge is -2.27. The number of nitrogens with zero attached hydrogens (tertiary/aromatic N) is 5. The van der Waals surface area contributed by atoms with Crippen LogP contribution < -0.4 is 15.1 Å². The summed E-state index contributed by atoms with van der Waals surface area (Å²) in [6.45, 7) is 0. The highest BCUT2D eigenvalue weighted by atomic mass is 19.4. The van der Waals surface area contributed by atoms with Gasteiger partial charge in [0.25, 0.3) is 0 Å². The third-order valence-electron chi connectivity index (χ3n) is 6.33. The number of hydrogen-bond acceptors (Lipinski definition) is 8. The standard InChI is InChI=1S/C27H14F3N5O4/c28-27(29,30)39-16-9-7-14(8-10-16)19-20-22(17-5-1-2-6-18(17)37-26(20)36)38-25-21(19)24-33-23(34-35(24)13-32-25)15-4-3-11-31-12-15/h1-13,19H. The first-order valence-corrected chi connectivity index (χ1v) is 11.6. The molecular weight excluding hydrogens is 515 g/mol. The third kappa shape index (κ3) is 3.84. The molecule has 2 aromatic carbocycles. The summed E-state index contributed by atoms with van der Waals surface area (Å²) >= 11 is 0. The summed E-state index contributed by atoms with van der Waals surface area (Å²) in [6.07, 6.45) is -0.173. The fourth-order valence-corrected chi connectivity index (χ4v) is 4.74. The first-order chi connectivity index (χ1) is 18.9. The number of hydrogen-bond donors (Lipinski definition) is 0. The summed E-state index contributed by atoms with van der Waals surface area (Å²) in [6, 6.07) is 15.7. The smallest absolute Gasteiger partial charge is 0.437 e. The van der Waals surface area contributed by atoms with E-state index in [2.05, 4.69) is 24.8 Å². The van der Waals surface area contributed by atoms with E-state index in [9.17, 15) is 18.0 Å². The highest BCUT2D eigenvalue weighted by Crippen LogP contribution is 2.49. The number of rotatable bonds is 3. The Labute approximate surface area is 216 Å². The molecule has 12 heteroatoms. The van der Waals surface area contributed by atoms with Gasteiger partial charge in [0.15, 0.2) is 17.2 Å². The Morgan fingerprint density at radius 2 is 1.79 bits per heavy atom. The van der Waals surface area contributed by atoms with Crippen molar-refractivity contribution in [1.29, 1.82) is 0 Å². The van der Waals surface area contributed by atoms with Crippen molar-refractivity contribution in [3.63, 3.8) is 0 Å². The van der Waals surface area contributed by atoms with Gasteiger partial charge >= 0.3 is 12.0 Å². The molecule has 7 rings (SSSR count). The fourth-order valence-electron chi connectivity index (χ4n) is 4.74. The maximum absolute atomic E-state index is 13.4. The van der Waals surface area contributed by atoms with Gasteiger partial charge < -0.3 is 13.9 Å². The van der Waals surface area contributed by atoms with E-state index in [1.807, 2.05) is 0 Å². The quantitative estimate of drug-likeness (QED) is 0.277. The SMILES string of the molecule is O=c1oc2ccccc2c2c1C(c1ccc(OC(F)(F)F)cc1)c1c(ncn3nc(-c4cccnc4)nc13)O2. The Morgan fingerprint density at radius 1 is 0.974 bits per heavy atom. The van der Waals surface area contributed by atoms with Crippen LogP contribution in [0, 0.1) is 0 Å². The van der Waals surface area contributed by atoms with Crippen LogP contribution in [0.1, 0.15) is 22.6 Å². The summed E-state index contributed by atoms with van der Waals surface area (Å²) < 4.78 is 55.7. The number of ether oxygens (including phenoxy) is 2. The van der Waals surface area contributed by atoms with Crippen LogP contribution >= 0.6 is 0 Å². The number of alkyl halides is 3. The molecule has 1 aliphatic rings. The topological polar surface area (TPSA) is 105 Å². The highest BCUT2D eigenvalue weighted by molar-refractivity contribution is 5.87. The average Bonchev–Trinajstić information content (AvgIpc) is 3.37. The van der Waals surface area contributed by atoms with E-state index >= 15 is 0 Å². The number of pyridine rings is 1. The molecule has 0 saturated carbocycles. The van der Waals surface area contributed by atoms with Crippen molar-refractivity contribution in [2.24, 2.45) is 0 Å². The molecule has 0 aliphatic carbocycles. The second kappa shape index (κ2) is 8.38. The first kappa shape index (κ1) is 22.9. The summed E-state index contributed by atoms with van der Waals surface area (Å²) in [7, 11) is 0. The molecule has 39 heavy (non-hydrogen) atoms. The lowest BCUT2D eigenvalue weighted by molar-refractivity contribution is -0.274. The average molecular weight is 529 g/mol. The number of benzene rings is 2. The van der Waals surface area contributed by atoms with Gasteiger partial charge in [-0.1, -0.05) is 24.3 Å². The van der Waals surface area contributed by atoms with Gasteiger partial charge in [-0.25, -0.2) is 19.3 Å². The largest absolute Gasteiger partial charge is 0.573 e. The van der Waals surface area contributed by atoms with Crippen molar-refractivity contribution in [1.82, 2.24) is 24.6 Å². The monoisotopic (exact) mass is 529 g/mol. The molecule has 5 heterocycles. The molecule has 4 aromatic heterocycles. The van der Waals surface area contributed by atoms with Gasteiger partial charge in [-0.2, -0.15) is 0 Å². The van der Waals surface area contributed by atoms with Gasteiger partial charge in [0.05, 0.1) is 22.4 Å². The van der Waals surface area contributed by atoms with Gasteiger partial charge in [-0.3, -0.25) is 4.98 Å². The van der Waals surface area contributed by atoms with Gasteiger partial charge in [-0.15, -0.1) is 18.3 Å². The molecule has 0 spiro atoms. The molecule has 0 bridgehead atoms. The zero-order valence-electron chi connectivity index (χ0n) is 19.6. The van der Waals surface area contributed by atoms with Gasteiger partial charge in [0.1, 0.15) is 17.7 Å². The van der Waals surface area contributed by atoms with Crippen LogP contribution in [0.15, 0.2) is 88.6 Å². The van der Waals surface area contributed by atoms with Gasteiger partial charge in [0.2, 0.25) is 5.88 Å². The van der Waals surface area contributed by atoms with Crippen molar-refractivity contribution in [3.8, 4) is 28.8 Å². The molecule has 0 saturated heterocycles. The number of halogens is 3. The molecule has 1 atom stereocenters. The zero-order valence-corrected chi connectivity index (χ0v) is 19.6. The maximum atomic E-state index is 13.4. The minimum atomic E-state index is -4.85. The summed E-state index contributed by atoms with van der Waals surface area (Å²) in [5.74, 6) is -0.466. The van der Waals surface area contributed by atoms with E-state index in [-0.39, 0.29) is 17.2 Å². The minimum Gasteiger partial charge on any atom is -0.437 e. The molecule has 0 amide bonds. The number of fused-ring (bicyclic) bond motifs is 6. The van der Waals surface area contributed by atoms with E-state index in [4.69, 9.17) is 9.15 Å². The molecule has 1 aliphatic heterocycles. The van der Waals surface area contributed by atoms with Crippen molar-refractivity contribution in [2.75, 3.05) is 0 Å². The van der Waals surface area contributed by atoms with Crippen molar-refractivity contribution < 1.29 is 27.1 Å². The summed E-state index contributed by atoms with van der Waals surface area (Å²) in [5, 5.41) is 5.04. The number of aromatic nitrogens is 5. The van der Waals surface area contributed by atoms with E-state index in [1.54, 1.807) is 48.8 Å². The van der Waals surface area contributed by atoms with Crippen molar-refractivity contribution in [2.45, 2.75) is 12.3 Å². The van der Waals surface area contributed by atoms with Gasteiger partial charge in [0, 0.05) is 18.0 Å². The predicted octanol–water partition coefficient (Wildman–Crippen LogP) is 5.48. The predicted molar refractivity (Wildman–Crippen MR) is 131 cm³/mol. The Balaban J connectivity index is 1.49. The van der Waals surface area contributed by atoms with E-state index in [1.165, 1.54) is 35.1 Å². The summed E-state index contributed by atoms with van der Waals surface area (Å²) in [5.41, 5.74) is 1.69. The second-order valence-electron chi connectivity index (χ2n) is 8.69. The lowest BCUT2D eigenvalue weighted by Crippen LogP contribution is -2.22. The van der Waals surface area contributed by atoms with E-state index in [0.29, 0.717) is 39.1 Å². The first-order valence-electron chi connectivity index (χ1n) is 11.6. The Kier molecular flexibility index (Phi) is 4.92. The fraction of sp³-hybridized carbons (Fsp3) is 0.0741. The second-order valence-corrected chi connectivity index (χ2v) is 8.69. The van der Waals surface area contributed by atoms with Crippen molar-refractivity contribution in [3.05, 3.63) is 106 Å². The van der Waals surface area contributed by atoms with Gasteiger partial charge in [-0.05, 0) is 42.0 Å². The number of para-hydroxylation sites is 1. The molecular formula is C27H14F3N5O4. The normalized spacial score (nSPS) is 14.6. The van der Waals surface area contributed by atoms with Crippen LogP contribution in [0.3, 0.4) is 0 Å². The zero-order chi connectivity index (χ0) is 26.7. The van der Waals surface area contributed by atoms with Crippen molar-refractivity contribution >= 4 is 16.6 Å². The molecule has 9 nitrogen and oxygen atoms in total. The molecule has 192 valence electrons. The van der Waals surface area contributed by atoms with Crippen LogP contribution in [0.2, 0.25) is 0 Å². The van der Waals surface area contributed by atoms with E-state index < -0.39 is 23.7 Å². The molecule has 0 radical (unpaired) electrons. The molecule has 0 N–H and O–H groups in total. The summed E-state index contributed by atoms with van der Waals surface area (Å²) in [4.78, 5) is 26.6. The van der Waals surface area contributed by atoms with Crippen LogP contribution in [0.5, 0.6) is 17.4 Å². The lowest BCUT2D eigenvalue weighted by atomic mass is 9.84. The Morgan fingerprint density at radius 3 is 2.56 bits per heavy atom. The van der Waals surface area contributed by atoms with Crippen LogP contribution in [-0.2, 0) is 0 Å². The molecule has 0 fully saturated rings. The molecule has 6 aromatic rings. The third-order valence-corrected chi connectivity index (χ3v) is 6.33. The minimum absolute atomic E-state index is 0.159. The highest BCUT2D eigenvalue weighted by Gasteiger charge is 2.38. The van der Waals surface area contributed by atoms with Crippen LogP contribution in [-0.4, -0.2) is 30.9 Å². The van der Waals surface area contributed by atoms with Crippen LogP contribution in [0.4, 0.5) is 13.2 Å². The Bertz CT molecular complexity index is 1940. The van der Waals surface area contributed by atoms with E-state index in [0.717, 1.165) is 0 Å².